The van der Waals surface area contributed by atoms with Gasteiger partial charge in [-0.1, -0.05) is 35.9 Å². The highest BCUT2D eigenvalue weighted by atomic mass is 35.5. The van der Waals surface area contributed by atoms with E-state index < -0.39 is 4.92 Å². The monoisotopic (exact) mass is 495 g/mol. The molecule has 1 amide bonds. The van der Waals surface area contributed by atoms with Gasteiger partial charge in [-0.15, -0.1) is 0 Å². The Bertz CT molecular complexity index is 1190. The minimum atomic E-state index is -0.508. The van der Waals surface area contributed by atoms with E-state index in [0.717, 1.165) is 30.9 Å². The molecule has 0 aliphatic carbocycles. The zero-order chi connectivity index (χ0) is 24.8. The van der Waals surface area contributed by atoms with Crippen LogP contribution in [-0.4, -0.2) is 53.9 Å². The second-order valence-electron chi connectivity index (χ2n) is 8.28. The molecule has 0 unspecified atom stereocenters. The maximum atomic E-state index is 13.0. The van der Waals surface area contributed by atoms with Gasteiger partial charge in [0, 0.05) is 50.4 Å². The van der Waals surface area contributed by atoms with E-state index in [4.69, 9.17) is 21.1 Å². The number of carbonyl (C=O) groups is 1. The number of piperazine rings is 1. The van der Waals surface area contributed by atoms with Crippen LogP contribution in [0.2, 0.25) is 5.02 Å². The molecule has 0 atom stereocenters. The minimum absolute atomic E-state index is 0.0110. The van der Waals surface area contributed by atoms with Crippen LogP contribution in [0.1, 0.15) is 21.5 Å². The van der Waals surface area contributed by atoms with E-state index in [2.05, 4.69) is 11.0 Å². The number of ether oxygens (including phenoxy) is 2. The summed E-state index contributed by atoms with van der Waals surface area (Å²) in [5.41, 5.74) is 2.59. The summed E-state index contributed by atoms with van der Waals surface area (Å²) in [6, 6.07) is 19.4. The molecular weight excluding hydrogens is 470 g/mol. The van der Waals surface area contributed by atoms with Crippen LogP contribution in [0, 0.1) is 10.1 Å². The van der Waals surface area contributed by atoms with Gasteiger partial charge in [-0.3, -0.25) is 19.8 Å². The lowest BCUT2D eigenvalue weighted by atomic mass is 10.1. The Kier molecular flexibility index (Phi) is 7.84. The number of methoxy groups -OCH3 is 1. The number of hydrogen-bond donors (Lipinski definition) is 0. The summed E-state index contributed by atoms with van der Waals surface area (Å²) in [7, 11) is 1.66. The van der Waals surface area contributed by atoms with E-state index in [-0.39, 0.29) is 23.2 Å². The topological polar surface area (TPSA) is 85.2 Å². The molecule has 3 aromatic rings. The number of benzene rings is 3. The fraction of sp³-hybridized carbons (Fsp3) is 0.269. The summed E-state index contributed by atoms with van der Waals surface area (Å²) in [6.07, 6.45) is 0. The maximum Gasteiger partial charge on any atom is 0.271 e. The van der Waals surface area contributed by atoms with E-state index in [0.29, 0.717) is 24.4 Å². The average molecular weight is 496 g/mol. The number of halogens is 1. The predicted octanol–water partition coefficient (Wildman–Crippen LogP) is 4.79. The highest BCUT2D eigenvalue weighted by Gasteiger charge is 2.22. The summed E-state index contributed by atoms with van der Waals surface area (Å²) < 4.78 is 11.0. The van der Waals surface area contributed by atoms with Crippen molar-refractivity contribution < 1.29 is 19.2 Å². The van der Waals surface area contributed by atoms with E-state index in [1.165, 1.54) is 23.8 Å². The Balaban J connectivity index is 1.28. The Hall–Kier alpha value is -3.62. The third-order valence-electron chi connectivity index (χ3n) is 5.92. The Morgan fingerprint density at radius 1 is 1.00 bits per heavy atom. The van der Waals surface area contributed by atoms with Gasteiger partial charge < -0.3 is 14.4 Å². The molecule has 0 spiro atoms. The van der Waals surface area contributed by atoms with Crippen molar-refractivity contribution in [3.05, 3.63) is 98.6 Å². The molecule has 35 heavy (non-hydrogen) atoms. The number of nitro benzene ring substituents is 1. The lowest BCUT2D eigenvalue weighted by molar-refractivity contribution is -0.384. The number of amides is 1. The van der Waals surface area contributed by atoms with Crippen molar-refractivity contribution in [2.75, 3.05) is 33.3 Å². The van der Waals surface area contributed by atoms with Gasteiger partial charge in [-0.05, 0) is 41.5 Å². The van der Waals surface area contributed by atoms with Crippen molar-refractivity contribution in [3.8, 4) is 11.5 Å². The van der Waals surface area contributed by atoms with Gasteiger partial charge >= 0.3 is 0 Å². The lowest BCUT2D eigenvalue weighted by Gasteiger charge is -2.34. The van der Waals surface area contributed by atoms with Crippen LogP contribution in [0.3, 0.4) is 0 Å². The molecule has 1 aliphatic heterocycles. The van der Waals surface area contributed by atoms with Crippen molar-refractivity contribution in [3.63, 3.8) is 0 Å². The van der Waals surface area contributed by atoms with Crippen LogP contribution in [-0.2, 0) is 13.2 Å². The molecule has 1 heterocycles. The van der Waals surface area contributed by atoms with Gasteiger partial charge in [-0.25, -0.2) is 0 Å². The molecule has 4 rings (SSSR count). The highest BCUT2D eigenvalue weighted by molar-refractivity contribution is 6.32. The average Bonchev–Trinajstić information content (AvgIpc) is 2.88. The normalized spacial score (nSPS) is 13.9. The first-order valence-corrected chi connectivity index (χ1v) is 11.6. The van der Waals surface area contributed by atoms with Gasteiger partial charge in [0.15, 0.2) is 0 Å². The lowest BCUT2D eigenvalue weighted by Crippen LogP contribution is -2.48. The van der Waals surface area contributed by atoms with Gasteiger partial charge in [-0.2, -0.15) is 0 Å². The fourth-order valence-corrected chi connectivity index (χ4v) is 4.18. The largest absolute Gasteiger partial charge is 0.497 e. The second kappa shape index (κ2) is 11.2. The number of nitro groups is 1. The van der Waals surface area contributed by atoms with E-state index >= 15 is 0 Å². The molecule has 182 valence electrons. The van der Waals surface area contributed by atoms with Crippen LogP contribution in [0.25, 0.3) is 0 Å². The molecule has 1 saturated heterocycles. The van der Waals surface area contributed by atoms with Gasteiger partial charge in [0.25, 0.3) is 11.6 Å². The molecule has 0 radical (unpaired) electrons. The first-order chi connectivity index (χ1) is 16.9. The fourth-order valence-electron chi connectivity index (χ4n) is 3.95. The third-order valence-corrected chi connectivity index (χ3v) is 6.22. The molecule has 9 heteroatoms. The van der Waals surface area contributed by atoms with Crippen LogP contribution < -0.4 is 9.47 Å². The third kappa shape index (κ3) is 6.29. The molecule has 0 N–H and O–H groups in total. The van der Waals surface area contributed by atoms with E-state index in [1.807, 2.05) is 35.2 Å². The zero-order valence-corrected chi connectivity index (χ0v) is 20.1. The first-order valence-electron chi connectivity index (χ1n) is 11.2. The summed E-state index contributed by atoms with van der Waals surface area (Å²) in [6.45, 7) is 4.02. The molecule has 1 aliphatic rings. The maximum absolute atomic E-state index is 13.0. The Labute approximate surface area is 208 Å². The smallest absolute Gasteiger partial charge is 0.271 e. The summed E-state index contributed by atoms with van der Waals surface area (Å²) >= 11 is 6.07. The van der Waals surface area contributed by atoms with E-state index in [9.17, 15) is 14.9 Å². The van der Waals surface area contributed by atoms with Crippen LogP contribution in [0.15, 0.2) is 66.7 Å². The van der Waals surface area contributed by atoms with Crippen molar-refractivity contribution in [1.29, 1.82) is 0 Å². The molecule has 0 bridgehead atoms. The second-order valence-corrected chi connectivity index (χ2v) is 8.68. The molecule has 8 nitrogen and oxygen atoms in total. The first kappa shape index (κ1) is 24.5. The van der Waals surface area contributed by atoms with Crippen LogP contribution in [0.4, 0.5) is 5.69 Å². The summed E-state index contributed by atoms with van der Waals surface area (Å²) in [4.78, 5) is 27.5. The quantitative estimate of drug-likeness (QED) is 0.330. The van der Waals surface area contributed by atoms with Crippen molar-refractivity contribution in [2.45, 2.75) is 13.2 Å². The molecular formula is C26H26ClN3O5. The van der Waals surface area contributed by atoms with E-state index in [1.54, 1.807) is 19.2 Å². The van der Waals surface area contributed by atoms with Gasteiger partial charge in [0.2, 0.25) is 0 Å². The van der Waals surface area contributed by atoms with Gasteiger partial charge in [0.05, 0.1) is 17.1 Å². The molecule has 0 aromatic heterocycles. The Morgan fingerprint density at radius 2 is 1.74 bits per heavy atom. The number of rotatable bonds is 8. The zero-order valence-electron chi connectivity index (χ0n) is 19.4. The molecule has 1 fully saturated rings. The minimum Gasteiger partial charge on any atom is -0.497 e. The van der Waals surface area contributed by atoms with Crippen LogP contribution >= 0.6 is 11.6 Å². The number of carbonyl (C=O) groups excluding carboxylic acids is 1. The standard InChI is InChI=1S/C26H26ClN3O5/c1-34-23-4-2-3-20(15-23)17-28-11-13-29(14-12-28)26(31)21-7-5-19(6-8-21)18-35-25-10-9-22(30(32)33)16-24(25)27/h2-10,15-16H,11-14,17-18H2,1H3. The van der Waals surface area contributed by atoms with Crippen molar-refractivity contribution >= 4 is 23.2 Å². The van der Waals surface area contributed by atoms with Crippen LogP contribution in [0.5, 0.6) is 11.5 Å². The Morgan fingerprint density at radius 3 is 2.40 bits per heavy atom. The SMILES string of the molecule is COc1cccc(CN2CCN(C(=O)c3ccc(COc4ccc([N+](=O)[O-])cc4Cl)cc3)CC2)c1. The summed E-state index contributed by atoms with van der Waals surface area (Å²) in [5, 5.41) is 11.0. The number of hydrogen-bond acceptors (Lipinski definition) is 6. The molecule has 3 aromatic carbocycles. The van der Waals surface area contributed by atoms with Gasteiger partial charge in [0.1, 0.15) is 18.1 Å². The van der Waals surface area contributed by atoms with Crippen molar-refractivity contribution in [2.24, 2.45) is 0 Å². The predicted molar refractivity (Wildman–Crippen MR) is 133 cm³/mol. The number of nitrogens with zero attached hydrogens (tertiary/aromatic N) is 3. The van der Waals surface area contributed by atoms with Crippen molar-refractivity contribution in [1.82, 2.24) is 9.80 Å². The number of non-ortho nitro benzene ring substituents is 1. The summed E-state index contributed by atoms with van der Waals surface area (Å²) in [5.74, 6) is 1.22. The highest BCUT2D eigenvalue weighted by Crippen LogP contribution is 2.29. The molecule has 0 saturated carbocycles.